The number of aromatic nitrogens is 1. The fourth-order valence-corrected chi connectivity index (χ4v) is 2.38. The average molecular weight is 411 g/mol. The third-order valence-corrected chi connectivity index (χ3v) is 3.74. The summed E-state index contributed by atoms with van der Waals surface area (Å²) in [7, 11) is 1.54. The minimum Gasteiger partial charge on any atom is -0.505 e. The zero-order valence-corrected chi connectivity index (χ0v) is 16.1. The maximum atomic E-state index is 13.6. The molecule has 0 unspecified atom stereocenters. The van der Waals surface area contributed by atoms with Gasteiger partial charge in [-0.3, -0.25) is 4.98 Å². The Balaban J connectivity index is 2.59. The number of hydrogen-bond acceptors (Lipinski definition) is 5. The lowest BCUT2D eigenvalue weighted by Gasteiger charge is -2.18. The molecule has 1 aromatic carbocycles. The van der Waals surface area contributed by atoms with E-state index in [-0.39, 0.29) is 22.5 Å². The van der Waals surface area contributed by atoms with Gasteiger partial charge in [-0.2, -0.15) is 0 Å². The van der Waals surface area contributed by atoms with Crippen LogP contribution in [0, 0.1) is 5.82 Å². The highest BCUT2D eigenvalue weighted by atomic mass is 79.9. The van der Waals surface area contributed by atoms with Gasteiger partial charge in [0.25, 0.3) is 0 Å². The van der Waals surface area contributed by atoms with Crippen molar-refractivity contribution in [1.29, 1.82) is 0 Å². The van der Waals surface area contributed by atoms with Crippen LogP contribution in [0.2, 0.25) is 0 Å². The minimum atomic E-state index is -0.539. The zero-order chi connectivity index (χ0) is 18.6. The maximum absolute atomic E-state index is 13.6. The second-order valence-electron chi connectivity index (χ2n) is 6.37. The molecule has 0 radical (unpaired) electrons. The molecular formula is C18H20BrFN2O3. The Morgan fingerprint density at radius 3 is 2.64 bits per heavy atom. The number of pyridine rings is 1. The number of aromatic hydroxyl groups is 1. The molecule has 0 bridgehead atoms. The first-order valence-electron chi connectivity index (χ1n) is 7.60. The summed E-state index contributed by atoms with van der Waals surface area (Å²) in [6.07, 6.45) is 1.55. The first-order chi connectivity index (χ1) is 11.7. The second-order valence-corrected chi connectivity index (χ2v) is 7.23. The van der Waals surface area contributed by atoms with E-state index in [1.54, 1.807) is 24.4 Å². The number of benzene rings is 1. The summed E-state index contributed by atoms with van der Waals surface area (Å²) in [4.78, 5) is 9.75. The number of hydrogen-bond donors (Lipinski definition) is 1. The minimum absolute atomic E-state index is 0.0546. The van der Waals surface area contributed by atoms with Gasteiger partial charge in [0.05, 0.1) is 11.1 Å². The summed E-state index contributed by atoms with van der Waals surface area (Å²) in [6.45, 7) is 5.78. The Labute approximate surface area is 154 Å². The Morgan fingerprint density at radius 2 is 2.04 bits per heavy atom. The second kappa shape index (κ2) is 7.93. The van der Waals surface area contributed by atoms with Crippen molar-refractivity contribution in [2.75, 3.05) is 7.11 Å². The number of halogens is 2. The van der Waals surface area contributed by atoms with Gasteiger partial charge in [-0.1, -0.05) is 5.16 Å². The molecule has 5 nitrogen and oxygen atoms in total. The molecular weight excluding hydrogens is 391 g/mol. The van der Waals surface area contributed by atoms with E-state index in [9.17, 15) is 9.50 Å². The number of oxime groups is 1. The van der Waals surface area contributed by atoms with Crippen molar-refractivity contribution in [2.24, 2.45) is 5.16 Å². The van der Waals surface area contributed by atoms with Gasteiger partial charge in [-0.25, -0.2) is 4.39 Å². The lowest BCUT2D eigenvalue weighted by atomic mass is 10.0. The normalized spacial score (nSPS) is 12.3. The zero-order valence-electron chi connectivity index (χ0n) is 14.5. The summed E-state index contributed by atoms with van der Waals surface area (Å²) < 4.78 is 18.9. The molecule has 0 spiro atoms. The van der Waals surface area contributed by atoms with E-state index in [0.717, 1.165) is 0 Å². The van der Waals surface area contributed by atoms with Gasteiger partial charge in [0.1, 0.15) is 28.6 Å². The van der Waals surface area contributed by atoms with E-state index in [0.29, 0.717) is 16.8 Å². The standard InChI is InChI=1S/C18H20BrFN2O3/c1-18(2,3)25-22-15(11-5-6-14(20)13(19)9-11)16-17(23)12(10-24-4)7-8-21-16/h5-9,23H,10H2,1-4H3/b22-15-. The highest BCUT2D eigenvalue weighted by Crippen LogP contribution is 2.27. The largest absolute Gasteiger partial charge is 0.505 e. The molecule has 7 heteroatoms. The van der Waals surface area contributed by atoms with E-state index < -0.39 is 11.4 Å². The lowest BCUT2D eigenvalue weighted by Crippen LogP contribution is -2.18. The molecule has 0 aliphatic heterocycles. The van der Waals surface area contributed by atoms with E-state index in [1.165, 1.54) is 13.2 Å². The summed E-state index contributed by atoms with van der Waals surface area (Å²) >= 11 is 3.16. The van der Waals surface area contributed by atoms with Crippen LogP contribution in [0.1, 0.15) is 37.6 Å². The Kier molecular flexibility index (Phi) is 6.13. The number of methoxy groups -OCH3 is 1. The molecule has 1 heterocycles. The van der Waals surface area contributed by atoms with Gasteiger partial charge >= 0.3 is 0 Å². The molecule has 0 aliphatic rings. The van der Waals surface area contributed by atoms with Crippen molar-refractivity contribution in [3.8, 4) is 5.75 Å². The summed E-state index contributed by atoms with van der Waals surface area (Å²) in [6, 6.07) is 6.08. The van der Waals surface area contributed by atoms with Gasteiger partial charge in [0, 0.05) is 24.4 Å². The molecule has 0 saturated heterocycles. The van der Waals surface area contributed by atoms with Crippen LogP contribution in [0.4, 0.5) is 4.39 Å². The van der Waals surface area contributed by atoms with Crippen molar-refractivity contribution >= 4 is 21.6 Å². The summed E-state index contributed by atoms with van der Waals surface area (Å²) in [5, 5.41) is 14.7. The molecule has 25 heavy (non-hydrogen) atoms. The van der Waals surface area contributed by atoms with Gasteiger partial charge in [0.2, 0.25) is 0 Å². The van der Waals surface area contributed by atoms with Crippen LogP contribution in [-0.2, 0) is 16.2 Å². The van der Waals surface area contributed by atoms with Gasteiger partial charge in [0.15, 0.2) is 0 Å². The van der Waals surface area contributed by atoms with E-state index in [4.69, 9.17) is 9.57 Å². The third kappa shape index (κ3) is 4.99. The van der Waals surface area contributed by atoms with Crippen molar-refractivity contribution in [3.63, 3.8) is 0 Å². The van der Waals surface area contributed by atoms with Crippen LogP contribution in [0.25, 0.3) is 0 Å². The van der Waals surface area contributed by atoms with Crippen LogP contribution >= 0.6 is 15.9 Å². The highest BCUT2D eigenvalue weighted by Gasteiger charge is 2.20. The van der Waals surface area contributed by atoms with Gasteiger partial charge < -0.3 is 14.7 Å². The number of nitrogens with zero attached hydrogens (tertiary/aromatic N) is 2. The fraction of sp³-hybridized carbons (Fsp3) is 0.333. The van der Waals surface area contributed by atoms with Crippen molar-refractivity contribution in [3.05, 3.63) is 57.6 Å². The molecule has 0 amide bonds. The third-order valence-electron chi connectivity index (χ3n) is 3.14. The van der Waals surface area contributed by atoms with Crippen LogP contribution < -0.4 is 0 Å². The van der Waals surface area contributed by atoms with Crippen LogP contribution in [0.15, 0.2) is 40.1 Å². The Hall–Kier alpha value is -1.99. The van der Waals surface area contributed by atoms with Crippen LogP contribution in [-0.4, -0.2) is 28.5 Å². The predicted octanol–water partition coefficient (Wildman–Crippen LogP) is 4.40. The van der Waals surface area contributed by atoms with E-state index in [1.807, 2.05) is 20.8 Å². The number of ether oxygens (including phenoxy) is 1. The quantitative estimate of drug-likeness (QED) is 0.585. The molecule has 0 aliphatic carbocycles. The van der Waals surface area contributed by atoms with Crippen LogP contribution in [0.3, 0.4) is 0 Å². The molecule has 1 N–H and O–H groups in total. The lowest BCUT2D eigenvalue weighted by molar-refractivity contribution is 0.00111. The predicted molar refractivity (Wildman–Crippen MR) is 97.2 cm³/mol. The Bertz CT molecular complexity index is 788. The van der Waals surface area contributed by atoms with Gasteiger partial charge in [-0.05, 0) is 61.0 Å². The Morgan fingerprint density at radius 1 is 1.32 bits per heavy atom. The van der Waals surface area contributed by atoms with Crippen molar-refractivity contribution in [1.82, 2.24) is 4.98 Å². The molecule has 134 valence electrons. The molecule has 2 rings (SSSR count). The van der Waals surface area contributed by atoms with E-state index >= 15 is 0 Å². The summed E-state index contributed by atoms with van der Waals surface area (Å²) in [5.74, 6) is -0.453. The SMILES string of the molecule is COCc1ccnc(/C(=N\OC(C)(C)C)c2ccc(F)c(Br)c2)c1O. The van der Waals surface area contributed by atoms with Gasteiger partial charge in [-0.15, -0.1) is 0 Å². The van der Waals surface area contributed by atoms with Crippen LogP contribution in [0.5, 0.6) is 5.75 Å². The topological polar surface area (TPSA) is 63.9 Å². The first kappa shape index (κ1) is 19.3. The molecule has 0 saturated carbocycles. The van der Waals surface area contributed by atoms with E-state index in [2.05, 4.69) is 26.1 Å². The fourth-order valence-electron chi connectivity index (χ4n) is 2.00. The highest BCUT2D eigenvalue weighted by molar-refractivity contribution is 9.10. The summed E-state index contributed by atoms with van der Waals surface area (Å²) in [5.41, 5.74) is 1.11. The molecule has 0 atom stereocenters. The smallest absolute Gasteiger partial charge is 0.149 e. The first-order valence-corrected chi connectivity index (χ1v) is 8.40. The monoisotopic (exact) mass is 410 g/mol. The number of rotatable bonds is 5. The molecule has 1 aromatic heterocycles. The average Bonchev–Trinajstić information content (AvgIpc) is 2.53. The molecule has 0 fully saturated rings. The van der Waals surface area contributed by atoms with Crippen molar-refractivity contribution in [2.45, 2.75) is 33.0 Å². The molecule has 2 aromatic rings. The van der Waals surface area contributed by atoms with Crippen molar-refractivity contribution < 1.29 is 19.1 Å². The maximum Gasteiger partial charge on any atom is 0.149 e.